The molecule has 1 aromatic carbocycles. The van der Waals surface area contributed by atoms with Crippen molar-refractivity contribution in [3.8, 4) is 0 Å². The number of thiophene rings is 1. The topological polar surface area (TPSA) is 76.0 Å². The van der Waals surface area contributed by atoms with Crippen LogP contribution in [-0.2, 0) is 0 Å². The van der Waals surface area contributed by atoms with Gasteiger partial charge in [-0.3, -0.25) is 14.9 Å². The van der Waals surface area contributed by atoms with Crippen LogP contribution in [0.15, 0.2) is 40.3 Å². The number of H-pyrrole nitrogens is 1. The Morgan fingerprint density at radius 3 is 2.75 bits per heavy atom. The lowest BCUT2D eigenvalue weighted by Gasteiger charge is -1.96. The van der Waals surface area contributed by atoms with Gasteiger partial charge in [-0.05, 0) is 34.1 Å². The van der Waals surface area contributed by atoms with Crippen LogP contribution in [0.5, 0.6) is 0 Å². The van der Waals surface area contributed by atoms with E-state index in [2.05, 4.69) is 20.9 Å². The average molecular weight is 351 g/mol. The maximum Gasteiger partial charge on any atom is 0.271 e. The number of aromatic amines is 1. The summed E-state index contributed by atoms with van der Waals surface area (Å²) < 4.78 is 0.885. The second kappa shape index (κ2) is 4.84. The molecule has 3 rings (SSSR count). The standard InChI is InChI=1S/C13H7BrN2O3S/c14-12-4-3-11(20-12)13(17)9-6-15-10-5-7(16(18)19)1-2-8(9)10/h1-6,15H. The van der Waals surface area contributed by atoms with Gasteiger partial charge in [0.25, 0.3) is 5.69 Å². The summed E-state index contributed by atoms with van der Waals surface area (Å²) in [4.78, 5) is 26.2. The average Bonchev–Trinajstić information content (AvgIpc) is 3.03. The van der Waals surface area contributed by atoms with E-state index < -0.39 is 4.92 Å². The number of aromatic nitrogens is 1. The number of hydrogen-bond acceptors (Lipinski definition) is 4. The van der Waals surface area contributed by atoms with Gasteiger partial charge in [-0.25, -0.2) is 0 Å². The van der Waals surface area contributed by atoms with Crippen molar-refractivity contribution >= 4 is 49.6 Å². The Morgan fingerprint density at radius 1 is 1.30 bits per heavy atom. The van der Waals surface area contributed by atoms with Gasteiger partial charge in [0.1, 0.15) is 0 Å². The van der Waals surface area contributed by atoms with Crippen LogP contribution >= 0.6 is 27.3 Å². The van der Waals surface area contributed by atoms with Crippen LogP contribution in [0.3, 0.4) is 0 Å². The number of nitrogens with zero attached hydrogens (tertiary/aromatic N) is 1. The molecule has 1 N–H and O–H groups in total. The van der Waals surface area contributed by atoms with Gasteiger partial charge >= 0.3 is 0 Å². The van der Waals surface area contributed by atoms with E-state index in [1.54, 1.807) is 18.3 Å². The van der Waals surface area contributed by atoms with E-state index >= 15 is 0 Å². The number of hydrogen-bond donors (Lipinski definition) is 1. The third-order valence-electron chi connectivity index (χ3n) is 2.92. The van der Waals surface area contributed by atoms with E-state index in [-0.39, 0.29) is 11.5 Å². The maximum absolute atomic E-state index is 12.4. The molecule has 0 spiro atoms. The Balaban J connectivity index is 2.09. The monoisotopic (exact) mass is 350 g/mol. The van der Waals surface area contributed by atoms with Gasteiger partial charge < -0.3 is 4.98 Å². The van der Waals surface area contributed by atoms with E-state index in [0.717, 1.165) is 3.79 Å². The Labute approximate surface area is 125 Å². The molecule has 3 aromatic rings. The summed E-state index contributed by atoms with van der Waals surface area (Å²) in [6, 6.07) is 7.99. The Morgan fingerprint density at radius 2 is 2.10 bits per heavy atom. The quantitative estimate of drug-likeness (QED) is 0.438. The number of nitrogens with one attached hydrogen (secondary N) is 1. The lowest BCUT2D eigenvalue weighted by atomic mass is 10.1. The predicted octanol–water partition coefficient (Wildman–Crippen LogP) is 4.13. The highest BCUT2D eigenvalue weighted by Crippen LogP contribution is 2.28. The molecule has 2 aromatic heterocycles. The van der Waals surface area contributed by atoms with Crippen molar-refractivity contribution in [1.82, 2.24) is 4.98 Å². The van der Waals surface area contributed by atoms with Crippen molar-refractivity contribution in [2.24, 2.45) is 0 Å². The second-order valence-electron chi connectivity index (χ2n) is 4.12. The molecule has 20 heavy (non-hydrogen) atoms. The Bertz CT molecular complexity index is 837. The second-order valence-corrected chi connectivity index (χ2v) is 6.59. The van der Waals surface area contributed by atoms with Crippen molar-refractivity contribution < 1.29 is 9.72 Å². The molecule has 0 saturated heterocycles. The first kappa shape index (κ1) is 13.0. The molecule has 0 radical (unpaired) electrons. The first-order valence-corrected chi connectivity index (χ1v) is 7.23. The van der Waals surface area contributed by atoms with E-state index in [0.29, 0.717) is 21.3 Å². The van der Waals surface area contributed by atoms with Crippen molar-refractivity contribution in [1.29, 1.82) is 0 Å². The maximum atomic E-state index is 12.4. The molecule has 0 unspecified atom stereocenters. The number of non-ortho nitro benzene ring substituents is 1. The van der Waals surface area contributed by atoms with Crippen molar-refractivity contribution in [3.05, 3.63) is 60.9 Å². The fourth-order valence-corrected chi connectivity index (χ4v) is 3.32. The number of ketones is 1. The van der Waals surface area contributed by atoms with Gasteiger partial charge in [0.15, 0.2) is 0 Å². The SMILES string of the molecule is O=C(c1ccc(Br)s1)c1c[nH]c2cc([N+](=O)[O-])ccc12. The molecular formula is C13H7BrN2O3S. The van der Waals surface area contributed by atoms with Crippen LogP contribution in [0.1, 0.15) is 15.2 Å². The minimum absolute atomic E-state index is 0.00258. The fourth-order valence-electron chi connectivity index (χ4n) is 1.98. The summed E-state index contributed by atoms with van der Waals surface area (Å²) in [6.45, 7) is 0. The molecule has 2 heterocycles. The summed E-state index contributed by atoms with van der Waals surface area (Å²) in [6.07, 6.45) is 1.59. The van der Waals surface area contributed by atoms with Gasteiger partial charge in [0, 0.05) is 29.3 Å². The highest BCUT2D eigenvalue weighted by Gasteiger charge is 2.17. The number of nitro benzene ring substituents is 1. The Hall–Kier alpha value is -1.99. The molecule has 5 nitrogen and oxygen atoms in total. The van der Waals surface area contributed by atoms with Crippen molar-refractivity contribution in [2.45, 2.75) is 0 Å². The van der Waals surface area contributed by atoms with Crippen LogP contribution in [0, 0.1) is 10.1 Å². The first-order chi connectivity index (χ1) is 9.56. The molecule has 0 amide bonds. The van der Waals surface area contributed by atoms with Crippen LogP contribution in [0.25, 0.3) is 10.9 Å². The number of fused-ring (bicyclic) bond motifs is 1. The van der Waals surface area contributed by atoms with E-state index in [1.807, 2.05) is 6.07 Å². The summed E-state index contributed by atoms with van der Waals surface area (Å²) in [7, 11) is 0. The lowest BCUT2D eigenvalue weighted by molar-refractivity contribution is -0.384. The van der Waals surface area contributed by atoms with Gasteiger partial charge in [-0.15, -0.1) is 11.3 Å². The van der Waals surface area contributed by atoms with Crippen LogP contribution in [0.2, 0.25) is 0 Å². The molecule has 0 aliphatic heterocycles. The zero-order valence-corrected chi connectivity index (χ0v) is 12.3. The number of nitro groups is 1. The number of rotatable bonds is 3. The van der Waals surface area contributed by atoms with E-state index in [9.17, 15) is 14.9 Å². The molecule has 100 valence electrons. The minimum atomic E-state index is -0.460. The third kappa shape index (κ3) is 2.14. The van der Waals surface area contributed by atoms with Crippen LogP contribution in [-0.4, -0.2) is 15.7 Å². The van der Waals surface area contributed by atoms with E-state index in [1.165, 1.54) is 23.5 Å². The van der Waals surface area contributed by atoms with Crippen LogP contribution < -0.4 is 0 Å². The van der Waals surface area contributed by atoms with Gasteiger partial charge in [-0.1, -0.05) is 0 Å². The summed E-state index contributed by atoms with van der Waals surface area (Å²) in [5.74, 6) is -0.0965. The van der Waals surface area contributed by atoms with Crippen LogP contribution in [0.4, 0.5) is 5.69 Å². The molecule has 0 atom stereocenters. The normalized spacial score (nSPS) is 10.8. The smallest absolute Gasteiger partial charge is 0.271 e. The largest absolute Gasteiger partial charge is 0.360 e. The van der Waals surface area contributed by atoms with Gasteiger partial charge in [-0.2, -0.15) is 0 Å². The number of carbonyl (C=O) groups is 1. The molecular weight excluding hydrogens is 344 g/mol. The fraction of sp³-hybridized carbons (Fsp3) is 0. The summed E-state index contributed by atoms with van der Waals surface area (Å²) in [5.41, 5.74) is 1.10. The number of halogens is 1. The van der Waals surface area contributed by atoms with Gasteiger partial charge in [0.2, 0.25) is 5.78 Å². The highest BCUT2D eigenvalue weighted by molar-refractivity contribution is 9.11. The molecule has 0 fully saturated rings. The van der Waals surface area contributed by atoms with Crippen molar-refractivity contribution in [3.63, 3.8) is 0 Å². The third-order valence-corrected chi connectivity index (χ3v) is 4.54. The van der Waals surface area contributed by atoms with Crippen molar-refractivity contribution in [2.75, 3.05) is 0 Å². The Kier molecular flexibility index (Phi) is 3.15. The molecule has 7 heteroatoms. The number of benzene rings is 1. The predicted molar refractivity (Wildman–Crippen MR) is 80.4 cm³/mol. The minimum Gasteiger partial charge on any atom is -0.360 e. The highest BCUT2D eigenvalue weighted by atomic mass is 79.9. The molecule has 0 aliphatic rings. The van der Waals surface area contributed by atoms with Gasteiger partial charge in [0.05, 0.1) is 19.1 Å². The molecule has 0 saturated carbocycles. The van der Waals surface area contributed by atoms with E-state index in [4.69, 9.17) is 0 Å². The summed E-state index contributed by atoms with van der Waals surface area (Å²) >= 11 is 4.68. The zero-order valence-electron chi connectivity index (χ0n) is 9.92. The lowest BCUT2D eigenvalue weighted by Crippen LogP contribution is -1.96. The zero-order chi connectivity index (χ0) is 14.3. The number of carbonyl (C=O) groups excluding carboxylic acids is 1. The molecule has 0 aliphatic carbocycles. The molecule has 0 bridgehead atoms. The first-order valence-electron chi connectivity index (χ1n) is 5.62. The summed E-state index contributed by atoms with van der Waals surface area (Å²) in [5, 5.41) is 11.4.